The number of allylic oxidation sites excluding steroid dienone is 1. The summed E-state index contributed by atoms with van der Waals surface area (Å²) in [4.78, 5) is 0. The number of rotatable bonds is 9. The highest BCUT2D eigenvalue weighted by Gasteiger charge is 1.99. The molecule has 0 bridgehead atoms. The van der Waals surface area contributed by atoms with Crippen LogP contribution in [0.4, 0.5) is 0 Å². The van der Waals surface area contributed by atoms with Gasteiger partial charge in [0.1, 0.15) is 0 Å². The number of hydrogen-bond donors (Lipinski definition) is 0. The van der Waals surface area contributed by atoms with Gasteiger partial charge in [-0.3, -0.25) is 0 Å². The summed E-state index contributed by atoms with van der Waals surface area (Å²) in [6.45, 7) is 7.19. The Labute approximate surface area is 116 Å². The van der Waals surface area contributed by atoms with Gasteiger partial charge in [0.25, 0.3) is 0 Å². The van der Waals surface area contributed by atoms with Gasteiger partial charge in [-0.05, 0) is 25.3 Å². The highest BCUT2D eigenvalue weighted by Crippen LogP contribution is 2.07. The molecular formula is C17H24O2. The summed E-state index contributed by atoms with van der Waals surface area (Å²) in [5, 5.41) is 0. The quantitative estimate of drug-likeness (QED) is 0.621. The van der Waals surface area contributed by atoms with Gasteiger partial charge in [-0.2, -0.15) is 0 Å². The van der Waals surface area contributed by atoms with Crippen molar-refractivity contribution in [2.24, 2.45) is 0 Å². The summed E-state index contributed by atoms with van der Waals surface area (Å²) in [7, 11) is 1.71. The van der Waals surface area contributed by atoms with E-state index in [9.17, 15) is 0 Å². The van der Waals surface area contributed by atoms with E-state index < -0.39 is 0 Å². The average Bonchev–Trinajstić information content (AvgIpc) is 2.45. The van der Waals surface area contributed by atoms with E-state index in [1.807, 2.05) is 24.3 Å². The maximum Gasteiger partial charge on any atom is 0.0752 e. The number of benzene rings is 1. The Hall–Kier alpha value is -1.38. The van der Waals surface area contributed by atoms with E-state index in [0.717, 1.165) is 12.8 Å². The standard InChI is InChI=1S/C17H24O2/c1-4-17(18-3)12-8-9-15(2)13-19-14-16-10-6-5-7-11-16/h4-7,9-11,17H,1,8,12-14H2,2-3H3/b15-9-. The van der Waals surface area contributed by atoms with E-state index >= 15 is 0 Å². The lowest BCUT2D eigenvalue weighted by atomic mass is 10.1. The van der Waals surface area contributed by atoms with Gasteiger partial charge in [-0.15, -0.1) is 6.58 Å². The van der Waals surface area contributed by atoms with Crippen LogP contribution < -0.4 is 0 Å². The second kappa shape index (κ2) is 9.54. The fourth-order valence-corrected chi connectivity index (χ4v) is 1.79. The van der Waals surface area contributed by atoms with Gasteiger partial charge < -0.3 is 9.47 Å². The smallest absolute Gasteiger partial charge is 0.0752 e. The zero-order valence-corrected chi connectivity index (χ0v) is 12.0. The van der Waals surface area contributed by atoms with Crippen molar-refractivity contribution in [1.82, 2.24) is 0 Å². The van der Waals surface area contributed by atoms with Crippen LogP contribution in [0.25, 0.3) is 0 Å². The first-order chi connectivity index (χ1) is 9.26. The zero-order chi connectivity index (χ0) is 13.9. The minimum Gasteiger partial charge on any atom is -0.377 e. The van der Waals surface area contributed by atoms with Gasteiger partial charge in [-0.25, -0.2) is 0 Å². The molecule has 0 N–H and O–H groups in total. The molecule has 0 amide bonds. The molecule has 0 aliphatic rings. The van der Waals surface area contributed by atoms with Gasteiger partial charge in [-0.1, -0.05) is 48.1 Å². The number of hydrogen-bond acceptors (Lipinski definition) is 2. The van der Waals surface area contributed by atoms with Crippen LogP contribution in [-0.2, 0) is 16.1 Å². The van der Waals surface area contributed by atoms with Crippen LogP contribution in [0.3, 0.4) is 0 Å². The van der Waals surface area contributed by atoms with E-state index in [1.54, 1.807) is 7.11 Å². The van der Waals surface area contributed by atoms with Gasteiger partial charge in [0.15, 0.2) is 0 Å². The lowest BCUT2D eigenvalue weighted by Crippen LogP contribution is -2.05. The van der Waals surface area contributed by atoms with Crippen LogP contribution in [0.15, 0.2) is 54.6 Å². The van der Waals surface area contributed by atoms with Crippen molar-refractivity contribution >= 4 is 0 Å². The van der Waals surface area contributed by atoms with Crippen LogP contribution in [0.2, 0.25) is 0 Å². The average molecular weight is 260 g/mol. The summed E-state index contributed by atoms with van der Waals surface area (Å²) >= 11 is 0. The molecule has 1 aromatic rings. The Morgan fingerprint density at radius 2 is 2.05 bits per heavy atom. The summed E-state index contributed by atoms with van der Waals surface area (Å²) in [6.07, 6.45) is 6.16. The molecule has 0 aliphatic carbocycles. The zero-order valence-electron chi connectivity index (χ0n) is 12.0. The molecule has 0 spiro atoms. The van der Waals surface area contributed by atoms with Crippen molar-refractivity contribution in [2.75, 3.05) is 13.7 Å². The molecule has 1 rings (SSSR count). The van der Waals surface area contributed by atoms with Crippen LogP contribution >= 0.6 is 0 Å². The third-order valence-electron chi connectivity index (χ3n) is 2.95. The third-order valence-corrected chi connectivity index (χ3v) is 2.95. The van der Waals surface area contributed by atoms with Crippen LogP contribution in [0.1, 0.15) is 25.3 Å². The third kappa shape index (κ3) is 6.94. The minimum absolute atomic E-state index is 0.147. The molecule has 0 heterocycles. The Balaban J connectivity index is 2.19. The maximum absolute atomic E-state index is 5.67. The maximum atomic E-state index is 5.67. The molecule has 104 valence electrons. The van der Waals surface area contributed by atoms with E-state index in [4.69, 9.17) is 9.47 Å². The predicted molar refractivity (Wildman–Crippen MR) is 80.1 cm³/mol. The fraction of sp³-hybridized carbons (Fsp3) is 0.412. The molecule has 0 saturated carbocycles. The van der Waals surface area contributed by atoms with Gasteiger partial charge in [0.05, 0.1) is 19.3 Å². The first kappa shape index (κ1) is 15.7. The van der Waals surface area contributed by atoms with Crippen LogP contribution in [0, 0.1) is 0 Å². The fourth-order valence-electron chi connectivity index (χ4n) is 1.79. The SMILES string of the molecule is C=CC(CC/C=C(/C)COCc1ccccc1)OC. The summed E-state index contributed by atoms with van der Waals surface area (Å²) in [5.41, 5.74) is 2.47. The van der Waals surface area contributed by atoms with Crippen LogP contribution in [-0.4, -0.2) is 19.8 Å². The summed E-state index contributed by atoms with van der Waals surface area (Å²) in [6, 6.07) is 10.2. The first-order valence-corrected chi connectivity index (χ1v) is 6.69. The molecule has 2 nitrogen and oxygen atoms in total. The molecule has 19 heavy (non-hydrogen) atoms. The minimum atomic E-state index is 0.147. The van der Waals surface area contributed by atoms with Crippen molar-refractivity contribution in [3.63, 3.8) is 0 Å². The van der Waals surface area contributed by atoms with Gasteiger partial charge >= 0.3 is 0 Å². The Kier molecular flexibility index (Phi) is 7.87. The molecule has 1 atom stereocenters. The van der Waals surface area contributed by atoms with E-state index in [2.05, 4.69) is 31.7 Å². The largest absolute Gasteiger partial charge is 0.377 e. The molecule has 0 saturated heterocycles. The van der Waals surface area contributed by atoms with Crippen molar-refractivity contribution in [3.8, 4) is 0 Å². The van der Waals surface area contributed by atoms with Crippen molar-refractivity contribution in [1.29, 1.82) is 0 Å². The van der Waals surface area contributed by atoms with Crippen molar-refractivity contribution < 1.29 is 9.47 Å². The molecular weight excluding hydrogens is 236 g/mol. The predicted octanol–water partition coefficient (Wildman–Crippen LogP) is 4.13. The Morgan fingerprint density at radius 3 is 2.68 bits per heavy atom. The molecule has 0 aromatic heterocycles. The molecule has 0 fully saturated rings. The van der Waals surface area contributed by atoms with E-state index in [-0.39, 0.29) is 6.10 Å². The molecule has 2 heteroatoms. The second-order valence-corrected chi connectivity index (χ2v) is 4.62. The lowest BCUT2D eigenvalue weighted by molar-refractivity contribution is 0.133. The molecule has 0 aliphatic heterocycles. The summed E-state index contributed by atoms with van der Waals surface area (Å²) < 4.78 is 10.9. The Bertz CT molecular complexity index is 382. The summed E-state index contributed by atoms with van der Waals surface area (Å²) in [5.74, 6) is 0. The lowest BCUT2D eigenvalue weighted by Gasteiger charge is -2.09. The first-order valence-electron chi connectivity index (χ1n) is 6.69. The highest BCUT2D eigenvalue weighted by atomic mass is 16.5. The highest BCUT2D eigenvalue weighted by molar-refractivity contribution is 5.13. The molecule has 1 unspecified atom stereocenters. The Morgan fingerprint density at radius 1 is 1.32 bits per heavy atom. The second-order valence-electron chi connectivity index (χ2n) is 4.62. The van der Waals surface area contributed by atoms with E-state index in [1.165, 1.54) is 11.1 Å². The van der Waals surface area contributed by atoms with E-state index in [0.29, 0.717) is 13.2 Å². The van der Waals surface area contributed by atoms with Crippen molar-refractivity contribution in [3.05, 3.63) is 60.2 Å². The topological polar surface area (TPSA) is 18.5 Å². The van der Waals surface area contributed by atoms with Gasteiger partial charge in [0, 0.05) is 7.11 Å². The number of methoxy groups -OCH3 is 1. The number of ether oxygens (including phenoxy) is 2. The molecule has 0 radical (unpaired) electrons. The normalized spacial score (nSPS) is 13.3. The monoisotopic (exact) mass is 260 g/mol. The van der Waals surface area contributed by atoms with Crippen molar-refractivity contribution in [2.45, 2.75) is 32.5 Å². The molecule has 1 aromatic carbocycles. The van der Waals surface area contributed by atoms with Crippen LogP contribution in [0.5, 0.6) is 0 Å². The van der Waals surface area contributed by atoms with Gasteiger partial charge in [0.2, 0.25) is 0 Å².